The molecule has 0 aromatic heterocycles. The Morgan fingerprint density at radius 3 is 1.16 bits per heavy atom. The lowest BCUT2D eigenvalue weighted by Gasteiger charge is -2.19. The summed E-state index contributed by atoms with van der Waals surface area (Å²) >= 11 is 0. The SMILES string of the molecule is N#CCCC(F)COP(OCC(F)CCC#N)OCC(F)CCC#N. The zero-order chi connectivity index (χ0) is 18.9. The van der Waals surface area contributed by atoms with E-state index in [0.717, 1.165) is 0 Å². The number of alkyl halides is 3. The van der Waals surface area contributed by atoms with E-state index in [4.69, 9.17) is 29.4 Å². The lowest BCUT2D eigenvalue weighted by Crippen LogP contribution is -2.15. The average molecular weight is 379 g/mol. The largest absolute Gasteiger partial charge is 0.332 e. The van der Waals surface area contributed by atoms with Gasteiger partial charge in [-0.25, -0.2) is 13.2 Å². The molecule has 0 amide bonds. The normalized spacial score (nSPS) is 15.4. The van der Waals surface area contributed by atoms with Crippen molar-refractivity contribution >= 4 is 8.60 Å². The van der Waals surface area contributed by atoms with Crippen LogP contribution in [-0.4, -0.2) is 38.3 Å². The van der Waals surface area contributed by atoms with Crippen molar-refractivity contribution in [1.82, 2.24) is 0 Å². The van der Waals surface area contributed by atoms with E-state index in [1.165, 1.54) is 0 Å². The predicted octanol–water partition coefficient (Wildman–Crippen LogP) is 4.19. The van der Waals surface area contributed by atoms with Crippen LogP contribution in [0.3, 0.4) is 0 Å². The highest BCUT2D eigenvalue weighted by Crippen LogP contribution is 2.41. The van der Waals surface area contributed by atoms with Gasteiger partial charge in [-0.1, -0.05) is 0 Å². The molecule has 0 saturated carbocycles. The summed E-state index contributed by atoms with van der Waals surface area (Å²) < 4.78 is 55.7. The van der Waals surface area contributed by atoms with Crippen molar-refractivity contribution in [2.45, 2.75) is 57.0 Å². The number of hydrogen-bond acceptors (Lipinski definition) is 6. The summed E-state index contributed by atoms with van der Waals surface area (Å²) in [6.07, 6.45) is -4.28. The van der Waals surface area contributed by atoms with Gasteiger partial charge < -0.3 is 13.6 Å². The van der Waals surface area contributed by atoms with E-state index < -0.39 is 46.9 Å². The summed E-state index contributed by atoms with van der Waals surface area (Å²) in [6, 6.07) is 5.40. The Hall–Kier alpha value is -1.43. The maximum atomic E-state index is 13.5. The molecule has 3 atom stereocenters. The molecule has 0 aromatic carbocycles. The van der Waals surface area contributed by atoms with Crippen molar-refractivity contribution in [2.24, 2.45) is 0 Å². The number of nitrogens with zero attached hydrogens (tertiary/aromatic N) is 3. The van der Waals surface area contributed by atoms with Gasteiger partial charge in [-0.2, -0.15) is 15.8 Å². The molecule has 0 N–H and O–H groups in total. The third-order valence-corrected chi connectivity index (χ3v) is 3.87. The maximum Gasteiger partial charge on any atom is 0.332 e. The molecule has 0 aliphatic heterocycles. The van der Waals surface area contributed by atoms with Crippen LogP contribution in [-0.2, 0) is 13.6 Å². The van der Waals surface area contributed by atoms with E-state index in [9.17, 15) is 13.2 Å². The van der Waals surface area contributed by atoms with E-state index in [1.54, 1.807) is 18.2 Å². The first kappa shape index (κ1) is 23.6. The van der Waals surface area contributed by atoms with E-state index in [1.807, 2.05) is 0 Å². The molecular formula is C15H21F3N3O3P. The topological polar surface area (TPSA) is 99.1 Å². The van der Waals surface area contributed by atoms with Gasteiger partial charge in [0.2, 0.25) is 0 Å². The minimum atomic E-state index is -2.17. The van der Waals surface area contributed by atoms with Gasteiger partial charge in [-0.15, -0.1) is 0 Å². The lowest BCUT2D eigenvalue weighted by atomic mass is 10.2. The zero-order valence-electron chi connectivity index (χ0n) is 13.7. The molecule has 0 aromatic rings. The van der Waals surface area contributed by atoms with Crippen LogP contribution < -0.4 is 0 Å². The second-order valence-electron chi connectivity index (χ2n) is 4.99. The van der Waals surface area contributed by atoms with Crippen LogP contribution in [0.25, 0.3) is 0 Å². The van der Waals surface area contributed by atoms with Gasteiger partial charge in [0.05, 0.1) is 38.0 Å². The standard InChI is InChI=1S/C15H21F3N3O3P/c16-13(4-1-7-19)10-22-25(23-11-14(17)5-2-8-20)24-12-15(18)6-3-9-21/h13-15H,1-6,10-12H2. The molecule has 3 unspecified atom stereocenters. The second kappa shape index (κ2) is 16.1. The highest BCUT2D eigenvalue weighted by atomic mass is 31.2. The molecular weight excluding hydrogens is 358 g/mol. The van der Waals surface area contributed by atoms with Crippen LogP contribution in [0.15, 0.2) is 0 Å². The van der Waals surface area contributed by atoms with Crippen molar-refractivity contribution in [3.63, 3.8) is 0 Å². The highest BCUT2D eigenvalue weighted by Gasteiger charge is 2.20. The fraction of sp³-hybridized carbons (Fsp3) is 0.800. The van der Waals surface area contributed by atoms with Crippen LogP contribution in [0.1, 0.15) is 38.5 Å². The average Bonchev–Trinajstić information content (AvgIpc) is 2.61. The molecule has 0 heterocycles. The van der Waals surface area contributed by atoms with Crippen molar-refractivity contribution in [3.8, 4) is 18.2 Å². The third-order valence-electron chi connectivity index (χ3n) is 2.79. The van der Waals surface area contributed by atoms with Crippen molar-refractivity contribution < 1.29 is 26.7 Å². The summed E-state index contributed by atoms with van der Waals surface area (Å²) in [6.45, 7) is -1.26. The Kier molecular flexibility index (Phi) is 15.1. The smallest absolute Gasteiger partial charge is 0.309 e. The number of nitriles is 3. The van der Waals surface area contributed by atoms with E-state index in [-0.39, 0.29) is 38.5 Å². The Morgan fingerprint density at radius 2 is 0.920 bits per heavy atom. The Morgan fingerprint density at radius 1 is 0.640 bits per heavy atom. The monoisotopic (exact) mass is 379 g/mol. The summed E-state index contributed by atoms with van der Waals surface area (Å²) in [5, 5.41) is 25.2. The number of halogens is 3. The van der Waals surface area contributed by atoms with Gasteiger partial charge in [0.1, 0.15) is 18.5 Å². The molecule has 10 heteroatoms. The van der Waals surface area contributed by atoms with Crippen LogP contribution >= 0.6 is 8.60 Å². The van der Waals surface area contributed by atoms with Crippen LogP contribution in [0.4, 0.5) is 13.2 Å². The van der Waals surface area contributed by atoms with Crippen molar-refractivity contribution in [2.75, 3.05) is 19.8 Å². The molecule has 6 nitrogen and oxygen atoms in total. The van der Waals surface area contributed by atoms with Gasteiger partial charge in [-0.3, -0.25) is 0 Å². The third kappa shape index (κ3) is 14.6. The van der Waals surface area contributed by atoms with Gasteiger partial charge in [0, 0.05) is 19.3 Å². The fourth-order valence-corrected chi connectivity index (χ4v) is 2.52. The van der Waals surface area contributed by atoms with Gasteiger partial charge in [0.15, 0.2) is 0 Å². The van der Waals surface area contributed by atoms with Crippen LogP contribution in [0, 0.1) is 34.0 Å². The van der Waals surface area contributed by atoms with E-state index >= 15 is 0 Å². The zero-order valence-corrected chi connectivity index (χ0v) is 14.6. The Labute approximate surface area is 147 Å². The number of hydrogen-bond donors (Lipinski definition) is 0. The summed E-state index contributed by atoms with van der Waals surface area (Å²) in [7, 11) is -2.17. The minimum absolute atomic E-state index is 0.0194. The highest BCUT2D eigenvalue weighted by molar-refractivity contribution is 7.41. The molecule has 0 rings (SSSR count). The molecule has 0 saturated heterocycles. The predicted molar refractivity (Wildman–Crippen MR) is 84.0 cm³/mol. The Bertz CT molecular complexity index is 401. The van der Waals surface area contributed by atoms with E-state index in [0.29, 0.717) is 0 Å². The second-order valence-corrected chi connectivity index (χ2v) is 6.21. The van der Waals surface area contributed by atoms with Gasteiger partial charge in [0.25, 0.3) is 0 Å². The Balaban J connectivity index is 4.32. The first-order chi connectivity index (χ1) is 12.0. The molecule has 140 valence electrons. The summed E-state index contributed by atoms with van der Waals surface area (Å²) in [5.74, 6) is 0. The molecule has 0 aliphatic rings. The summed E-state index contributed by atoms with van der Waals surface area (Å²) in [5.41, 5.74) is 0. The molecule has 0 bridgehead atoms. The summed E-state index contributed by atoms with van der Waals surface area (Å²) in [4.78, 5) is 0. The molecule has 0 spiro atoms. The fourth-order valence-electron chi connectivity index (χ4n) is 1.45. The molecule has 0 radical (unpaired) electrons. The number of rotatable bonds is 15. The van der Waals surface area contributed by atoms with Gasteiger partial charge >= 0.3 is 8.60 Å². The van der Waals surface area contributed by atoms with Gasteiger partial charge in [-0.05, 0) is 19.3 Å². The first-order valence-corrected chi connectivity index (χ1v) is 8.84. The lowest BCUT2D eigenvalue weighted by molar-refractivity contribution is 0.0891. The molecule has 0 fully saturated rings. The van der Waals surface area contributed by atoms with Crippen molar-refractivity contribution in [1.29, 1.82) is 15.8 Å². The van der Waals surface area contributed by atoms with Crippen molar-refractivity contribution in [3.05, 3.63) is 0 Å². The molecule has 25 heavy (non-hydrogen) atoms. The minimum Gasteiger partial charge on any atom is -0.309 e. The van der Waals surface area contributed by atoms with Crippen LogP contribution in [0.2, 0.25) is 0 Å². The van der Waals surface area contributed by atoms with E-state index in [2.05, 4.69) is 0 Å². The molecule has 0 aliphatic carbocycles. The maximum absolute atomic E-state index is 13.5. The quantitative estimate of drug-likeness (QED) is 0.396. The van der Waals surface area contributed by atoms with Crippen LogP contribution in [0.5, 0.6) is 0 Å². The first-order valence-electron chi connectivity index (χ1n) is 7.75.